The monoisotopic (exact) mass is 368 g/mol. The Kier molecular flexibility index (Phi) is 6.70. The lowest BCUT2D eigenvalue weighted by molar-refractivity contribution is 0.0240. The number of piperazine rings is 1. The van der Waals surface area contributed by atoms with E-state index >= 15 is 0 Å². The average Bonchev–Trinajstić information content (AvgIpc) is 3.03. The Morgan fingerprint density at radius 2 is 1.84 bits per heavy atom. The molecule has 6 nitrogen and oxygen atoms in total. The van der Waals surface area contributed by atoms with Gasteiger partial charge in [0.1, 0.15) is 10.5 Å². The van der Waals surface area contributed by atoms with E-state index in [1.54, 1.807) is 4.90 Å². The molecular formula is C18H28N2O4S. The highest BCUT2D eigenvalue weighted by Gasteiger charge is 2.26. The molecule has 0 radical (unpaired) electrons. The van der Waals surface area contributed by atoms with Crippen molar-refractivity contribution < 1.29 is 19.1 Å². The highest BCUT2D eigenvalue weighted by Crippen LogP contribution is 2.28. The Labute approximate surface area is 153 Å². The summed E-state index contributed by atoms with van der Waals surface area (Å²) in [4.78, 5) is 28.6. The van der Waals surface area contributed by atoms with Crippen molar-refractivity contribution in [2.75, 3.05) is 37.7 Å². The third kappa shape index (κ3) is 5.92. The van der Waals surface area contributed by atoms with Gasteiger partial charge in [0.2, 0.25) is 0 Å². The maximum atomic E-state index is 12.1. The molecule has 1 aromatic rings. The standard InChI is InChI=1S/C18H28N2O4S/c1-5-6-13-23-16(21)14-7-8-15(25-14)19-9-11-20(12-10-19)17(22)24-18(2,3)4/h7-8H,5-6,9-13H2,1-4H3. The Morgan fingerprint density at radius 1 is 1.16 bits per heavy atom. The first-order valence-electron chi connectivity index (χ1n) is 8.80. The van der Waals surface area contributed by atoms with E-state index in [1.165, 1.54) is 11.3 Å². The number of carbonyl (C=O) groups is 2. The molecule has 0 spiro atoms. The minimum absolute atomic E-state index is 0.253. The lowest BCUT2D eigenvalue weighted by atomic mass is 10.2. The van der Waals surface area contributed by atoms with Crippen LogP contribution in [-0.4, -0.2) is 55.3 Å². The predicted molar refractivity (Wildman–Crippen MR) is 99.5 cm³/mol. The van der Waals surface area contributed by atoms with Crippen LogP contribution in [0.15, 0.2) is 12.1 Å². The lowest BCUT2D eigenvalue weighted by Crippen LogP contribution is -2.49. The zero-order chi connectivity index (χ0) is 18.4. The molecular weight excluding hydrogens is 340 g/mol. The van der Waals surface area contributed by atoms with Crippen LogP contribution in [0, 0.1) is 0 Å². The fraction of sp³-hybridized carbons (Fsp3) is 0.667. The minimum Gasteiger partial charge on any atom is -0.462 e. The van der Waals surface area contributed by atoms with Gasteiger partial charge in [-0.15, -0.1) is 11.3 Å². The van der Waals surface area contributed by atoms with Crippen LogP contribution in [0.25, 0.3) is 0 Å². The van der Waals surface area contributed by atoms with Gasteiger partial charge in [0.15, 0.2) is 0 Å². The van der Waals surface area contributed by atoms with Gasteiger partial charge in [-0.1, -0.05) is 13.3 Å². The largest absolute Gasteiger partial charge is 0.462 e. The van der Waals surface area contributed by atoms with Gasteiger partial charge < -0.3 is 19.3 Å². The van der Waals surface area contributed by atoms with Crippen LogP contribution < -0.4 is 4.90 Å². The van der Waals surface area contributed by atoms with Crippen LogP contribution in [0.1, 0.15) is 50.2 Å². The minimum atomic E-state index is -0.477. The first kappa shape index (κ1) is 19.6. The first-order chi connectivity index (χ1) is 11.8. The summed E-state index contributed by atoms with van der Waals surface area (Å²) >= 11 is 1.44. The van der Waals surface area contributed by atoms with Crippen LogP contribution in [0.4, 0.5) is 9.80 Å². The zero-order valence-corrected chi connectivity index (χ0v) is 16.4. The Hall–Kier alpha value is -1.76. The molecule has 25 heavy (non-hydrogen) atoms. The lowest BCUT2D eigenvalue weighted by Gasteiger charge is -2.36. The summed E-state index contributed by atoms with van der Waals surface area (Å²) in [6.07, 6.45) is 1.63. The predicted octanol–water partition coefficient (Wildman–Crippen LogP) is 3.76. The molecule has 1 fully saturated rings. The van der Waals surface area contributed by atoms with Gasteiger partial charge in [-0.2, -0.15) is 0 Å². The number of carbonyl (C=O) groups excluding carboxylic acids is 2. The maximum Gasteiger partial charge on any atom is 0.410 e. The van der Waals surface area contributed by atoms with Gasteiger partial charge in [-0.05, 0) is 39.3 Å². The first-order valence-corrected chi connectivity index (χ1v) is 9.61. The highest BCUT2D eigenvalue weighted by molar-refractivity contribution is 7.17. The van der Waals surface area contributed by atoms with Crippen molar-refractivity contribution >= 4 is 28.4 Å². The molecule has 0 aromatic carbocycles. The van der Waals surface area contributed by atoms with E-state index in [0.29, 0.717) is 24.6 Å². The Bertz CT molecular complexity index is 586. The maximum absolute atomic E-state index is 12.1. The number of unbranched alkanes of at least 4 members (excludes halogenated alkanes) is 1. The summed E-state index contributed by atoms with van der Waals surface area (Å²) in [7, 11) is 0. The van der Waals surface area contributed by atoms with E-state index in [2.05, 4.69) is 11.8 Å². The quantitative estimate of drug-likeness (QED) is 0.585. The van der Waals surface area contributed by atoms with Crippen molar-refractivity contribution in [1.82, 2.24) is 4.90 Å². The molecule has 1 saturated heterocycles. The van der Waals surface area contributed by atoms with Crippen LogP contribution in [0.5, 0.6) is 0 Å². The SMILES string of the molecule is CCCCOC(=O)c1ccc(N2CCN(C(=O)OC(C)(C)C)CC2)s1. The number of hydrogen-bond acceptors (Lipinski definition) is 6. The van der Waals surface area contributed by atoms with Gasteiger partial charge in [0.25, 0.3) is 0 Å². The fourth-order valence-corrected chi connectivity index (χ4v) is 3.37. The number of hydrogen-bond donors (Lipinski definition) is 0. The molecule has 7 heteroatoms. The fourth-order valence-electron chi connectivity index (χ4n) is 2.42. The molecule has 140 valence electrons. The van der Waals surface area contributed by atoms with Crippen molar-refractivity contribution in [1.29, 1.82) is 0 Å². The van der Waals surface area contributed by atoms with E-state index in [0.717, 1.165) is 30.9 Å². The molecule has 0 saturated carbocycles. The molecule has 2 heterocycles. The van der Waals surface area contributed by atoms with Gasteiger partial charge in [0.05, 0.1) is 11.6 Å². The second-order valence-electron chi connectivity index (χ2n) is 7.08. The van der Waals surface area contributed by atoms with Crippen molar-refractivity contribution in [3.8, 4) is 0 Å². The van der Waals surface area contributed by atoms with Gasteiger partial charge in [0, 0.05) is 26.2 Å². The summed E-state index contributed by atoms with van der Waals surface area (Å²) in [5.74, 6) is -0.253. The third-order valence-electron chi connectivity index (χ3n) is 3.77. The highest BCUT2D eigenvalue weighted by atomic mass is 32.1. The van der Waals surface area contributed by atoms with Crippen LogP contribution >= 0.6 is 11.3 Å². The van der Waals surface area contributed by atoms with E-state index in [1.807, 2.05) is 32.9 Å². The average molecular weight is 368 g/mol. The number of anilines is 1. The number of nitrogens with zero attached hydrogens (tertiary/aromatic N) is 2. The number of amides is 1. The molecule has 0 N–H and O–H groups in total. The number of ether oxygens (including phenoxy) is 2. The van der Waals surface area contributed by atoms with Gasteiger partial charge in [-0.3, -0.25) is 0 Å². The zero-order valence-electron chi connectivity index (χ0n) is 15.5. The van der Waals surface area contributed by atoms with E-state index in [-0.39, 0.29) is 12.1 Å². The van der Waals surface area contributed by atoms with Crippen LogP contribution in [-0.2, 0) is 9.47 Å². The van der Waals surface area contributed by atoms with E-state index < -0.39 is 5.60 Å². The smallest absolute Gasteiger partial charge is 0.410 e. The molecule has 1 amide bonds. The molecule has 0 atom stereocenters. The summed E-state index contributed by atoms with van der Waals surface area (Å²) in [5, 5.41) is 1.03. The Balaban J connectivity index is 1.85. The van der Waals surface area contributed by atoms with Gasteiger partial charge >= 0.3 is 12.1 Å². The summed E-state index contributed by atoms with van der Waals surface area (Å²) in [5.41, 5.74) is -0.477. The van der Waals surface area contributed by atoms with Crippen molar-refractivity contribution in [3.63, 3.8) is 0 Å². The van der Waals surface area contributed by atoms with Crippen molar-refractivity contribution in [2.45, 2.75) is 46.1 Å². The van der Waals surface area contributed by atoms with Crippen molar-refractivity contribution in [3.05, 3.63) is 17.0 Å². The molecule has 1 aliphatic heterocycles. The van der Waals surface area contributed by atoms with Crippen LogP contribution in [0.3, 0.4) is 0 Å². The second kappa shape index (κ2) is 8.56. The second-order valence-corrected chi connectivity index (χ2v) is 8.14. The normalized spacial score (nSPS) is 15.2. The molecule has 1 aromatic heterocycles. The number of esters is 1. The summed E-state index contributed by atoms with van der Waals surface area (Å²) in [6, 6.07) is 3.76. The number of rotatable bonds is 5. The van der Waals surface area contributed by atoms with Crippen molar-refractivity contribution in [2.24, 2.45) is 0 Å². The molecule has 0 bridgehead atoms. The number of thiophene rings is 1. The molecule has 0 aliphatic carbocycles. The molecule has 0 unspecified atom stereocenters. The topological polar surface area (TPSA) is 59.1 Å². The molecule has 1 aliphatic rings. The Morgan fingerprint density at radius 3 is 2.44 bits per heavy atom. The summed E-state index contributed by atoms with van der Waals surface area (Å²) in [6.45, 7) is 10.8. The van der Waals surface area contributed by atoms with E-state index in [9.17, 15) is 9.59 Å². The van der Waals surface area contributed by atoms with E-state index in [4.69, 9.17) is 9.47 Å². The summed E-state index contributed by atoms with van der Waals surface area (Å²) < 4.78 is 10.7. The van der Waals surface area contributed by atoms with Crippen LogP contribution in [0.2, 0.25) is 0 Å². The molecule has 2 rings (SSSR count). The van der Waals surface area contributed by atoms with Gasteiger partial charge in [-0.25, -0.2) is 9.59 Å². The third-order valence-corrected chi connectivity index (χ3v) is 4.89.